The van der Waals surface area contributed by atoms with E-state index < -0.39 is 0 Å². The monoisotopic (exact) mass is 305 g/mol. The Bertz CT molecular complexity index is 497. The molecule has 22 heavy (non-hydrogen) atoms. The number of phenols is 1. The van der Waals surface area contributed by atoms with E-state index in [-0.39, 0.29) is 11.7 Å². The first-order valence-corrected chi connectivity index (χ1v) is 7.83. The zero-order valence-corrected chi connectivity index (χ0v) is 13.5. The van der Waals surface area contributed by atoms with Crippen molar-refractivity contribution in [2.45, 2.75) is 45.4 Å². The summed E-state index contributed by atoms with van der Waals surface area (Å²) in [7, 11) is 1.56. The first-order valence-electron chi connectivity index (χ1n) is 7.83. The van der Waals surface area contributed by atoms with Crippen molar-refractivity contribution in [2.75, 3.05) is 7.11 Å². The Morgan fingerprint density at radius 2 is 2.18 bits per heavy atom. The number of benzene rings is 1. The number of ether oxygens (including phenoxy) is 1. The van der Waals surface area contributed by atoms with Gasteiger partial charge in [0.1, 0.15) is 0 Å². The van der Waals surface area contributed by atoms with Gasteiger partial charge in [-0.2, -0.15) is 0 Å². The van der Waals surface area contributed by atoms with Crippen LogP contribution in [0.4, 0.5) is 0 Å². The van der Waals surface area contributed by atoms with Crippen LogP contribution in [0, 0.1) is 5.92 Å². The van der Waals surface area contributed by atoms with E-state index in [1.165, 1.54) is 0 Å². The number of aryl methyl sites for hydroxylation is 1. The van der Waals surface area contributed by atoms with Gasteiger partial charge >= 0.3 is 0 Å². The molecule has 0 spiro atoms. The molecule has 0 fully saturated rings. The summed E-state index contributed by atoms with van der Waals surface area (Å²) in [6.07, 6.45) is 9.74. The summed E-state index contributed by atoms with van der Waals surface area (Å²) >= 11 is 0. The number of allylic oxidation sites excluding steroid dienone is 2. The third-order valence-electron chi connectivity index (χ3n) is 3.64. The van der Waals surface area contributed by atoms with Crippen LogP contribution in [-0.4, -0.2) is 18.1 Å². The molecule has 4 heteroatoms. The third-order valence-corrected chi connectivity index (χ3v) is 3.64. The lowest BCUT2D eigenvalue weighted by atomic mass is 10.00. The summed E-state index contributed by atoms with van der Waals surface area (Å²) in [6.45, 7) is 2.19. The molecular weight excluding hydrogens is 278 g/mol. The number of hydrogen-bond donors (Lipinski definition) is 2. The van der Waals surface area contributed by atoms with Crippen LogP contribution in [0.25, 0.3) is 0 Å². The molecule has 0 saturated carbocycles. The van der Waals surface area contributed by atoms with E-state index in [4.69, 9.17) is 10.5 Å². The summed E-state index contributed by atoms with van der Waals surface area (Å²) in [4.78, 5) is 10.6. The van der Waals surface area contributed by atoms with Gasteiger partial charge < -0.3 is 15.6 Å². The molecule has 0 aliphatic carbocycles. The van der Waals surface area contributed by atoms with Crippen molar-refractivity contribution >= 4 is 5.91 Å². The molecule has 0 bridgehead atoms. The Hall–Kier alpha value is -1.97. The predicted molar refractivity (Wildman–Crippen MR) is 88.9 cm³/mol. The minimum atomic E-state index is -0.221. The van der Waals surface area contributed by atoms with E-state index in [1.54, 1.807) is 13.2 Å². The highest BCUT2D eigenvalue weighted by Crippen LogP contribution is 2.27. The lowest BCUT2D eigenvalue weighted by Gasteiger charge is -2.09. The number of carbonyl (C=O) groups excluding carboxylic acids is 1. The van der Waals surface area contributed by atoms with Crippen LogP contribution in [0.2, 0.25) is 0 Å². The average molecular weight is 305 g/mol. The molecule has 0 radical (unpaired) electrons. The van der Waals surface area contributed by atoms with E-state index in [9.17, 15) is 9.90 Å². The fraction of sp³-hybridized carbons (Fsp3) is 0.500. The second-order valence-corrected chi connectivity index (χ2v) is 5.66. The lowest BCUT2D eigenvalue weighted by Crippen LogP contribution is -2.09. The fourth-order valence-electron chi connectivity index (χ4n) is 2.26. The quantitative estimate of drug-likeness (QED) is 0.512. The molecule has 1 unspecified atom stereocenters. The normalized spacial score (nSPS) is 12.5. The van der Waals surface area contributed by atoms with Gasteiger partial charge in [-0.15, -0.1) is 0 Å². The predicted octanol–water partition coefficient (Wildman–Crippen LogP) is 3.57. The Morgan fingerprint density at radius 3 is 2.86 bits per heavy atom. The molecule has 0 heterocycles. The van der Waals surface area contributed by atoms with Crippen LogP contribution in [0.5, 0.6) is 11.5 Å². The second-order valence-electron chi connectivity index (χ2n) is 5.66. The van der Waals surface area contributed by atoms with Gasteiger partial charge in [-0.05, 0) is 55.7 Å². The zero-order valence-electron chi connectivity index (χ0n) is 13.5. The van der Waals surface area contributed by atoms with Gasteiger partial charge in [-0.25, -0.2) is 0 Å². The topological polar surface area (TPSA) is 72.5 Å². The lowest BCUT2D eigenvalue weighted by molar-refractivity contribution is -0.118. The highest BCUT2D eigenvalue weighted by atomic mass is 16.5. The van der Waals surface area contributed by atoms with Crippen LogP contribution < -0.4 is 10.5 Å². The first kappa shape index (κ1) is 18.1. The van der Waals surface area contributed by atoms with Crippen LogP contribution in [0.15, 0.2) is 30.4 Å². The van der Waals surface area contributed by atoms with Crippen molar-refractivity contribution in [3.8, 4) is 11.5 Å². The first-order chi connectivity index (χ1) is 10.5. The summed E-state index contributed by atoms with van der Waals surface area (Å²) in [5.41, 5.74) is 6.26. The molecule has 1 aromatic carbocycles. The smallest absolute Gasteiger partial charge is 0.217 e. The Balaban J connectivity index is 2.27. The number of primary amides is 1. The highest BCUT2D eigenvalue weighted by Gasteiger charge is 2.04. The number of carbonyl (C=O) groups is 1. The number of phenolic OH excluding ortho intramolecular Hbond substituents is 1. The largest absolute Gasteiger partial charge is 0.504 e. The molecule has 1 rings (SSSR count). The van der Waals surface area contributed by atoms with Crippen molar-refractivity contribution < 1.29 is 14.6 Å². The van der Waals surface area contributed by atoms with E-state index in [1.807, 2.05) is 12.1 Å². The summed E-state index contributed by atoms with van der Waals surface area (Å²) in [6, 6.07) is 5.49. The minimum absolute atomic E-state index is 0.176. The van der Waals surface area contributed by atoms with E-state index in [2.05, 4.69) is 19.1 Å². The van der Waals surface area contributed by atoms with Gasteiger partial charge in [-0.1, -0.05) is 25.1 Å². The molecule has 0 aromatic heterocycles. The number of unbranched alkanes of at least 4 members (excludes halogenated alkanes) is 2. The highest BCUT2D eigenvalue weighted by molar-refractivity contribution is 5.73. The molecule has 1 aromatic rings. The van der Waals surface area contributed by atoms with Crippen molar-refractivity contribution in [2.24, 2.45) is 11.7 Å². The van der Waals surface area contributed by atoms with Gasteiger partial charge in [0.2, 0.25) is 5.91 Å². The molecule has 0 aliphatic heterocycles. The maximum atomic E-state index is 10.6. The van der Waals surface area contributed by atoms with Crippen molar-refractivity contribution in [3.05, 3.63) is 35.9 Å². The molecule has 4 nitrogen and oxygen atoms in total. The van der Waals surface area contributed by atoms with Crippen LogP contribution in [0.1, 0.15) is 44.6 Å². The Labute approximate surface area is 133 Å². The standard InChI is InChI=1S/C18H27NO3/c1-14(7-5-3-4-6-8-18(19)21)9-10-15-11-12-16(20)17(13-15)22-2/h5,7,11-14,20H,3-4,6,8-10H2,1-2H3,(H2,19,21). The van der Waals surface area contributed by atoms with Gasteiger partial charge in [0.05, 0.1) is 7.11 Å². The molecule has 1 atom stereocenters. The van der Waals surface area contributed by atoms with Crippen molar-refractivity contribution in [1.29, 1.82) is 0 Å². The summed E-state index contributed by atoms with van der Waals surface area (Å²) in [5.74, 6) is 0.975. The molecule has 0 saturated heterocycles. The summed E-state index contributed by atoms with van der Waals surface area (Å²) < 4.78 is 5.11. The van der Waals surface area contributed by atoms with Gasteiger partial charge in [-0.3, -0.25) is 4.79 Å². The van der Waals surface area contributed by atoms with Crippen LogP contribution in [0.3, 0.4) is 0 Å². The van der Waals surface area contributed by atoms with E-state index in [0.29, 0.717) is 18.1 Å². The van der Waals surface area contributed by atoms with Gasteiger partial charge in [0.25, 0.3) is 0 Å². The van der Waals surface area contributed by atoms with Crippen molar-refractivity contribution in [1.82, 2.24) is 0 Å². The molecule has 1 amide bonds. The summed E-state index contributed by atoms with van der Waals surface area (Å²) in [5, 5.41) is 9.57. The Morgan fingerprint density at radius 1 is 1.41 bits per heavy atom. The zero-order chi connectivity index (χ0) is 16.4. The van der Waals surface area contributed by atoms with E-state index in [0.717, 1.165) is 37.7 Å². The SMILES string of the molecule is COc1cc(CCC(C)C=CCCCCC(N)=O)ccc1O. The molecular formula is C18H27NO3. The maximum absolute atomic E-state index is 10.6. The third kappa shape index (κ3) is 7.16. The van der Waals surface area contributed by atoms with Gasteiger partial charge in [0, 0.05) is 6.42 Å². The number of nitrogens with two attached hydrogens (primary N) is 1. The minimum Gasteiger partial charge on any atom is -0.504 e. The molecule has 122 valence electrons. The maximum Gasteiger partial charge on any atom is 0.217 e. The second kappa shape index (κ2) is 9.87. The number of hydrogen-bond acceptors (Lipinski definition) is 3. The Kier molecular flexibility index (Phi) is 8.11. The molecule has 0 aliphatic rings. The number of aromatic hydroxyl groups is 1. The molecule has 3 N–H and O–H groups in total. The van der Waals surface area contributed by atoms with Crippen LogP contribution in [-0.2, 0) is 11.2 Å². The number of rotatable bonds is 10. The van der Waals surface area contributed by atoms with Crippen molar-refractivity contribution in [3.63, 3.8) is 0 Å². The number of amides is 1. The van der Waals surface area contributed by atoms with Gasteiger partial charge in [0.15, 0.2) is 11.5 Å². The van der Waals surface area contributed by atoms with E-state index >= 15 is 0 Å². The number of methoxy groups -OCH3 is 1. The average Bonchev–Trinajstić information content (AvgIpc) is 2.49. The van der Waals surface area contributed by atoms with Crippen LogP contribution >= 0.6 is 0 Å². The fourth-order valence-corrected chi connectivity index (χ4v) is 2.26.